The van der Waals surface area contributed by atoms with Gasteiger partial charge in [-0.05, 0) is 60.2 Å². The van der Waals surface area contributed by atoms with Crippen LogP contribution in [0.15, 0.2) is 110 Å². The monoisotopic (exact) mass is 512 g/mol. The highest BCUT2D eigenvalue weighted by Gasteiger charge is 2.14. The van der Waals surface area contributed by atoms with E-state index in [0.29, 0.717) is 27.5 Å². The molecule has 0 aliphatic carbocycles. The number of hydrogen-bond donors (Lipinski definition) is 3. The van der Waals surface area contributed by atoms with Crippen LogP contribution in [0.4, 0.5) is 22.7 Å². The van der Waals surface area contributed by atoms with Crippen LogP contribution in [-0.4, -0.2) is 23.2 Å². The standard InChI is InChI=1S/C27H20N4O5S/c1-16-5-6-18-8-11-24(27(33)22(18)13-16)31-30-23-12-10-20(15-25(23)32)29-28-19-9-7-17-3-2-4-26(21(17)14-19)37(34,35)36/h2-15,32-33H,1H3,(H,34,35,36). The molecular weight excluding hydrogens is 492 g/mol. The molecule has 0 heterocycles. The van der Waals surface area contributed by atoms with Crippen LogP contribution in [0.25, 0.3) is 21.5 Å². The first-order valence-corrected chi connectivity index (χ1v) is 12.5. The van der Waals surface area contributed by atoms with E-state index in [1.807, 2.05) is 31.2 Å². The van der Waals surface area contributed by atoms with E-state index in [1.54, 1.807) is 30.3 Å². The van der Waals surface area contributed by atoms with Gasteiger partial charge >= 0.3 is 0 Å². The van der Waals surface area contributed by atoms with Gasteiger partial charge in [-0.15, -0.1) is 10.2 Å². The minimum Gasteiger partial charge on any atom is -0.506 e. The summed E-state index contributed by atoms with van der Waals surface area (Å²) in [7, 11) is -4.41. The summed E-state index contributed by atoms with van der Waals surface area (Å²) in [4.78, 5) is -0.220. The van der Waals surface area contributed by atoms with Crippen LogP contribution < -0.4 is 0 Å². The molecule has 37 heavy (non-hydrogen) atoms. The molecule has 9 nitrogen and oxygen atoms in total. The second-order valence-electron chi connectivity index (χ2n) is 8.37. The zero-order valence-electron chi connectivity index (χ0n) is 19.4. The van der Waals surface area contributed by atoms with Crippen molar-refractivity contribution in [1.29, 1.82) is 0 Å². The highest BCUT2D eigenvalue weighted by atomic mass is 32.2. The summed E-state index contributed by atoms with van der Waals surface area (Å²) in [5.41, 5.74) is 2.12. The molecule has 3 N–H and O–H groups in total. The lowest BCUT2D eigenvalue weighted by molar-refractivity contribution is 0.475. The van der Waals surface area contributed by atoms with Gasteiger partial charge in [0, 0.05) is 16.8 Å². The number of azo groups is 2. The van der Waals surface area contributed by atoms with Crippen molar-refractivity contribution in [3.05, 3.63) is 90.5 Å². The average Bonchev–Trinajstić information content (AvgIpc) is 2.87. The van der Waals surface area contributed by atoms with Gasteiger partial charge in [0.05, 0.1) is 11.4 Å². The molecule has 0 unspecified atom stereocenters. The Labute approximate surface area is 211 Å². The molecule has 5 aromatic rings. The average molecular weight is 513 g/mol. The predicted molar refractivity (Wildman–Crippen MR) is 141 cm³/mol. The Morgan fingerprint density at radius 3 is 2.03 bits per heavy atom. The van der Waals surface area contributed by atoms with Crippen molar-refractivity contribution >= 4 is 54.4 Å². The van der Waals surface area contributed by atoms with Crippen molar-refractivity contribution in [2.75, 3.05) is 0 Å². The van der Waals surface area contributed by atoms with Crippen molar-refractivity contribution in [2.45, 2.75) is 11.8 Å². The van der Waals surface area contributed by atoms with Crippen molar-refractivity contribution in [3.63, 3.8) is 0 Å². The molecule has 0 aliphatic heterocycles. The molecule has 0 aliphatic rings. The fraction of sp³-hybridized carbons (Fsp3) is 0.0370. The third-order valence-electron chi connectivity index (χ3n) is 5.74. The number of phenolic OH excluding ortho intramolecular Hbond substituents is 2. The number of nitrogens with zero attached hydrogens (tertiary/aromatic N) is 4. The molecule has 10 heteroatoms. The Morgan fingerprint density at radius 1 is 0.649 bits per heavy atom. The minimum atomic E-state index is -4.41. The summed E-state index contributed by atoms with van der Waals surface area (Å²) < 4.78 is 32.9. The van der Waals surface area contributed by atoms with E-state index in [2.05, 4.69) is 20.5 Å². The molecule has 0 saturated heterocycles. The first kappa shape index (κ1) is 24.0. The van der Waals surface area contributed by atoms with Gasteiger partial charge in [0.2, 0.25) is 0 Å². The fourth-order valence-electron chi connectivity index (χ4n) is 3.89. The van der Waals surface area contributed by atoms with Gasteiger partial charge in [-0.2, -0.15) is 18.6 Å². The molecular formula is C27H20N4O5S. The van der Waals surface area contributed by atoms with E-state index in [-0.39, 0.29) is 27.8 Å². The predicted octanol–water partition coefficient (Wildman–Crippen LogP) is 7.79. The maximum atomic E-state index is 11.7. The first-order valence-electron chi connectivity index (χ1n) is 11.1. The lowest BCUT2D eigenvalue weighted by Gasteiger charge is -2.05. The molecule has 0 aromatic heterocycles. The Morgan fingerprint density at radius 2 is 1.27 bits per heavy atom. The largest absolute Gasteiger partial charge is 0.506 e. The van der Waals surface area contributed by atoms with Crippen LogP contribution in [0.3, 0.4) is 0 Å². The van der Waals surface area contributed by atoms with Gasteiger partial charge in [-0.25, -0.2) is 0 Å². The third kappa shape index (κ3) is 5.01. The van der Waals surface area contributed by atoms with Gasteiger partial charge in [0.25, 0.3) is 10.1 Å². The lowest BCUT2D eigenvalue weighted by Crippen LogP contribution is -1.98. The summed E-state index contributed by atoms with van der Waals surface area (Å²) >= 11 is 0. The van der Waals surface area contributed by atoms with Gasteiger partial charge in [0.1, 0.15) is 22.0 Å². The molecule has 184 valence electrons. The first-order chi connectivity index (χ1) is 17.7. The van der Waals surface area contributed by atoms with E-state index in [0.717, 1.165) is 10.9 Å². The summed E-state index contributed by atoms with van der Waals surface area (Å²) in [6.07, 6.45) is 0. The van der Waals surface area contributed by atoms with Gasteiger partial charge < -0.3 is 10.2 Å². The topological polar surface area (TPSA) is 144 Å². The Bertz CT molecular complexity index is 1850. The van der Waals surface area contributed by atoms with Gasteiger partial charge in [-0.1, -0.05) is 42.0 Å². The molecule has 0 spiro atoms. The molecule has 0 atom stereocenters. The van der Waals surface area contributed by atoms with Crippen LogP contribution in [0.1, 0.15) is 5.56 Å². The second-order valence-corrected chi connectivity index (χ2v) is 9.76. The van der Waals surface area contributed by atoms with Crippen molar-refractivity contribution in [3.8, 4) is 11.5 Å². The smallest absolute Gasteiger partial charge is 0.295 e. The molecule has 0 bridgehead atoms. The summed E-state index contributed by atoms with van der Waals surface area (Å²) in [5, 5.41) is 39.8. The van der Waals surface area contributed by atoms with Crippen LogP contribution in [-0.2, 0) is 10.1 Å². The Balaban J connectivity index is 1.40. The van der Waals surface area contributed by atoms with E-state index in [4.69, 9.17) is 0 Å². The SMILES string of the molecule is Cc1ccc2ccc(N=Nc3ccc(N=Nc4ccc5cccc(S(=O)(=O)O)c5c4)cc3O)c(O)c2c1. The van der Waals surface area contributed by atoms with Crippen LogP contribution in [0, 0.1) is 6.92 Å². The van der Waals surface area contributed by atoms with Crippen molar-refractivity contribution < 1.29 is 23.2 Å². The molecule has 5 rings (SSSR count). The van der Waals surface area contributed by atoms with Crippen LogP contribution >= 0.6 is 0 Å². The van der Waals surface area contributed by atoms with E-state index in [1.165, 1.54) is 30.3 Å². The van der Waals surface area contributed by atoms with Crippen LogP contribution in [0.5, 0.6) is 11.5 Å². The number of aryl methyl sites for hydroxylation is 1. The van der Waals surface area contributed by atoms with Crippen molar-refractivity contribution in [2.24, 2.45) is 20.5 Å². The number of benzene rings is 5. The number of aromatic hydroxyl groups is 2. The number of fused-ring (bicyclic) bond motifs is 2. The zero-order valence-corrected chi connectivity index (χ0v) is 20.3. The summed E-state index contributed by atoms with van der Waals surface area (Å²) in [6, 6.07) is 23.0. The zero-order chi connectivity index (χ0) is 26.2. The second kappa shape index (κ2) is 9.41. The summed E-state index contributed by atoms with van der Waals surface area (Å²) in [5.74, 6) is -0.189. The number of phenols is 2. The van der Waals surface area contributed by atoms with E-state index < -0.39 is 10.1 Å². The quantitative estimate of drug-likeness (QED) is 0.163. The third-order valence-corrected chi connectivity index (χ3v) is 6.65. The lowest BCUT2D eigenvalue weighted by atomic mass is 10.1. The Hall–Kier alpha value is -4.67. The normalized spacial score (nSPS) is 12.3. The maximum absolute atomic E-state index is 11.7. The van der Waals surface area contributed by atoms with Gasteiger partial charge in [0.15, 0.2) is 5.75 Å². The van der Waals surface area contributed by atoms with E-state index in [9.17, 15) is 23.2 Å². The summed E-state index contributed by atoms with van der Waals surface area (Å²) in [6.45, 7) is 1.93. The minimum absolute atomic E-state index is 0.00222. The molecule has 0 saturated carbocycles. The number of hydrogen-bond acceptors (Lipinski definition) is 8. The maximum Gasteiger partial charge on any atom is 0.295 e. The highest BCUT2D eigenvalue weighted by molar-refractivity contribution is 7.86. The number of rotatable bonds is 5. The molecule has 0 amide bonds. The van der Waals surface area contributed by atoms with Crippen LogP contribution in [0.2, 0.25) is 0 Å². The highest BCUT2D eigenvalue weighted by Crippen LogP contribution is 2.38. The molecule has 0 fully saturated rings. The Kier molecular flexibility index (Phi) is 6.12. The van der Waals surface area contributed by atoms with Gasteiger partial charge in [-0.3, -0.25) is 4.55 Å². The molecule has 5 aromatic carbocycles. The molecule has 0 radical (unpaired) electrons. The van der Waals surface area contributed by atoms with Crippen molar-refractivity contribution in [1.82, 2.24) is 0 Å². The van der Waals surface area contributed by atoms with E-state index >= 15 is 0 Å². The fourth-order valence-corrected chi connectivity index (χ4v) is 4.59.